The normalized spacial score (nSPS) is 19.9. The van der Waals surface area contributed by atoms with Gasteiger partial charge in [-0.25, -0.2) is 4.98 Å². The lowest BCUT2D eigenvalue weighted by atomic mass is 10.0. The van der Waals surface area contributed by atoms with Crippen molar-refractivity contribution < 1.29 is 9.21 Å². The van der Waals surface area contributed by atoms with Gasteiger partial charge in [0.15, 0.2) is 6.39 Å². The smallest absolute Gasteiger partial charge is 0.242 e. The van der Waals surface area contributed by atoms with Crippen molar-refractivity contribution in [2.24, 2.45) is 0 Å². The van der Waals surface area contributed by atoms with E-state index in [4.69, 9.17) is 16.0 Å². The molecule has 0 radical (unpaired) electrons. The summed E-state index contributed by atoms with van der Waals surface area (Å²) in [5.74, 6) is -0.0344. The van der Waals surface area contributed by atoms with Gasteiger partial charge in [0.1, 0.15) is 12.3 Å². The zero-order chi connectivity index (χ0) is 13.9. The van der Waals surface area contributed by atoms with Crippen molar-refractivity contribution in [2.75, 3.05) is 13.1 Å². The van der Waals surface area contributed by atoms with Gasteiger partial charge < -0.3 is 9.73 Å². The molecule has 2 aromatic rings. The molecule has 1 aromatic carbocycles. The molecule has 1 aliphatic heterocycles. The van der Waals surface area contributed by atoms with E-state index in [0.29, 0.717) is 18.1 Å². The molecule has 1 unspecified atom stereocenters. The van der Waals surface area contributed by atoms with Gasteiger partial charge in [-0.3, -0.25) is 9.69 Å². The van der Waals surface area contributed by atoms with Crippen molar-refractivity contribution in [1.29, 1.82) is 0 Å². The lowest BCUT2D eigenvalue weighted by molar-refractivity contribution is -0.129. The molecule has 0 saturated carbocycles. The van der Waals surface area contributed by atoms with Crippen LogP contribution in [0.1, 0.15) is 17.3 Å². The third-order valence-corrected chi connectivity index (χ3v) is 3.70. The number of amides is 1. The van der Waals surface area contributed by atoms with E-state index in [9.17, 15) is 4.79 Å². The fourth-order valence-electron chi connectivity index (χ4n) is 2.44. The largest absolute Gasteiger partial charge is 0.451 e. The van der Waals surface area contributed by atoms with Crippen molar-refractivity contribution in [2.45, 2.75) is 12.6 Å². The number of benzene rings is 1. The Labute approximate surface area is 121 Å². The zero-order valence-corrected chi connectivity index (χ0v) is 11.5. The van der Waals surface area contributed by atoms with Crippen LogP contribution in [0.2, 0.25) is 5.02 Å². The first-order valence-corrected chi connectivity index (χ1v) is 6.77. The Morgan fingerprint density at radius 2 is 2.30 bits per heavy atom. The van der Waals surface area contributed by atoms with Crippen LogP contribution < -0.4 is 5.32 Å². The van der Waals surface area contributed by atoms with Gasteiger partial charge in [-0.05, 0) is 11.6 Å². The van der Waals surface area contributed by atoms with Crippen LogP contribution in [0.4, 0.5) is 0 Å². The third-order valence-electron chi connectivity index (χ3n) is 3.36. The van der Waals surface area contributed by atoms with Crippen LogP contribution in [0, 0.1) is 0 Å². The van der Waals surface area contributed by atoms with Gasteiger partial charge in [-0.15, -0.1) is 0 Å². The Balaban J connectivity index is 1.91. The summed E-state index contributed by atoms with van der Waals surface area (Å²) in [6.07, 6.45) is 2.99. The molecule has 1 aromatic heterocycles. The highest BCUT2D eigenvalue weighted by Gasteiger charge is 2.32. The molecule has 0 bridgehead atoms. The number of halogens is 1. The highest BCUT2D eigenvalue weighted by atomic mass is 35.5. The zero-order valence-electron chi connectivity index (χ0n) is 10.8. The first-order valence-electron chi connectivity index (χ1n) is 6.39. The number of carbonyl (C=O) groups excluding carboxylic acids is 1. The molecule has 104 valence electrons. The number of aromatic nitrogens is 1. The van der Waals surface area contributed by atoms with Gasteiger partial charge in [0.2, 0.25) is 5.91 Å². The molecule has 1 atom stereocenters. The predicted octanol–water partition coefficient (Wildman–Crippen LogP) is 2.00. The lowest BCUT2D eigenvalue weighted by Crippen LogP contribution is -2.49. The summed E-state index contributed by atoms with van der Waals surface area (Å²) in [5.41, 5.74) is 1.62. The topological polar surface area (TPSA) is 58.4 Å². The fourth-order valence-corrected chi connectivity index (χ4v) is 2.68. The average molecular weight is 292 g/mol. The summed E-state index contributed by atoms with van der Waals surface area (Å²) < 4.78 is 4.98. The van der Waals surface area contributed by atoms with Crippen LogP contribution in [0.3, 0.4) is 0 Å². The van der Waals surface area contributed by atoms with Crippen LogP contribution in [0.25, 0.3) is 0 Å². The fraction of sp³-hybridized carbons (Fsp3) is 0.286. The Hall–Kier alpha value is -1.85. The van der Waals surface area contributed by atoms with Crippen molar-refractivity contribution in [3.05, 3.63) is 53.2 Å². The number of nitrogens with one attached hydrogen (secondary N) is 1. The Bertz CT molecular complexity index is 600. The molecule has 1 saturated heterocycles. The standard InChI is InChI=1S/C14H14ClN3O2/c15-12-4-2-1-3-11(12)13-14(19)16-5-6-18(13)7-10-8-20-9-17-10/h1-4,8-9,13H,5-7H2,(H,16,19). The molecule has 6 heteroatoms. The van der Waals surface area contributed by atoms with Gasteiger partial charge in [0.05, 0.1) is 5.69 Å². The molecular weight excluding hydrogens is 278 g/mol. The molecule has 0 aliphatic carbocycles. The van der Waals surface area contributed by atoms with E-state index in [0.717, 1.165) is 17.8 Å². The van der Waals surface area contributed by atoms with E-state index in [-0.39, 0.29) is 5.91 Å². The number of nitrogens with zero attached hydrogens (tertiary/aromatic N) is 2. The quantitative estimate of drug-likeness (QED) is 0.940. The number of piperazine rings is 1. The van der Waals surface area contributed by atoms with Gasteiger partial charge in [-0.2, -0.15) is 0 Å². The summed E-state index contributed by atoms with van der Waals surface area (Å²) in [6.45, 7) is 1.92. The maximum Gasteiger partial charge on any atom is 0.242 e. The Morgan fingerprint density at radius 1 is 1.45 bits per heavy atom. The molecule has 3 rings (SSSR count). The van der Waals surface area contributed by atoms with Crippen molar-refractivity contribution in [3.8, 4) is 0 Å². The molecule has 1 amide bonds. The highest BCUT2D eigenvalue weighted by molar-refractivity contribution is 6.31. The first kappa shape index (κ1) is 13.1. The van der Waals surface area contributed by atoms with Gasteiger partial charge >= 0.3 is 0 Å². The van der Waals surface area contributed by atoms with Crippen LogP contribution in [-0.4, -0.2) is 28.9 Å². The number of rotatable bonds is 3. The van der Waals surface area contributed by atoms with Crippen LogP contribution in [-0.2, 0) is 11.3 Å². The molecule has 2 heterocycles. The summed E-state index contributed by atoms with van der Waals surface area (Å²) >= 11 is 6.23. The number of oxazole rings is 1. The Kier molecular flexibility index (Phi) is 3.71. The van der Waals surface area contributed by atoms with Crippen LogP contribution >= 0.6 is 11.6 Å². The minimum Gasteiger partial charge on any atom is -0.451 e. The van der Waals surface area contributed by atoms with Crippen molar-refractivity contribution in [3.63, 3.8) is 0 Å². The second kappa shape index (κ2) is 5.64. The van der Waals surface area contributed by atoms with Crippen molar-refractivity contribution in [1.82, 2.24) is 15.2 Å². The molecule has 1 aliphatic rings. The summed E-state index contributed by atoms with van der Waals surface area (Å²) in [5, 5.41) is 3.48. The van der Waals surface area contributed by atoms with Gasteiger partial charge in [0.25, 0.3) is 0 Å². The predicted molar refractivity (Wildman–Crippen MR) is 74.1 cm³/mol. The maximum atomic E-state index is 12.2. The van der Waals surface area contributed by atoms with E-state index in [1.165, 1.54) is 6.39 Å². The number of hydrogen-bond acceptors (Lipinski definition) is 4. The first-order chi connectivity index (χ1) is 9.75. The highest BCUT2D eigenvalue weighted by Crippen LogP contribution is 2.30. The summed E-state index contributed by atoms with van der Waals surface area (Å²) in [6, 6.07) is 7.03. The molecule has 0 spiro atoms. The molecule has 20 heavy (non-hydrogen) atoms. The number of carbonyl (C=O) groups is 1. The van der Waals surface area contributed by atoms with E-state index in [2.05, 4.69) is 15.2 Å². The van der Waals surface area contributed by atoms with Crippen LogP contribution in [0.5, 0.6) is 0 Å². The summed E-state index contributed by atoms with van der Waals surface area (Å²) in [4.78, 5) is 18.4. The van der Waals surface area contributed by atoms with Crippen molar-refractivity contribution >= 4 is 17.5 Å². The van der Waals surface area contributed by atoms with E-state index in [1.54, 1.807) is 12.3 Å². The maximum absolute atomic E-state index is 12.2. The lowest BCUT2D eigenvalue weighted by Gasteiger charge is -2.35. The Morgan fingerprint density at radius 3 is 3.05 bits per heavy atom. The van der Waals surface area contributed by atoms with E-state index >= 15 is 0 Å². The summed E-state index contributed by atoms with van der Waals surface area (Å²) in [7, 11) is 0. The molecular formula is C14H14ClN3O2. The van der Waals surface area contributed by atoms with E-state index < -0.39 is 6.04 Å². The van der Waals surface area contributed by atoms with Gasteiger partial charge in [0, 0.05) is 24.7 Å². The molecule has 1 fully saturated rings. The minimum absolute atomic E-state index is 0.0344. The number of hydrogen-bond donors (Lipinski definition) is 1. The van der Waals surface area contributed by atoms with Crippen LogP contribution in [0.15, 0.2) is 41.3 Å². The second-order valence-corrected chi connectivity index (χ2v) is 5.07. The molecule has 5 nitrogen and oxygen atoms in total. The van der Waals surface area contributed by atoms with Gasteiger partial charge in [-0.1, -0.05) is 29.8 Å². The average Bonchev–Trinajstić information content (AvgIpc) is 2.93. The minimum atomic E-state index is -0.394. The molecule has 1 N–H and O–H groups in total. The monoisotopic (exact) mass is 291 g/mol. The SMILES string of the molecule is O=C1NCCN(Cc2cocn2)C1c1ccccc1Cl. The van der Waals surface area contributed by atoms with E-state index in [1.807, 2.05) is 18.2 Å². The third kappa shape index (κ3) is 2.55. The second-order valence-electron chi connectivity index (χ2n) is 4.67.